The van der Waals surface area contributed by atoms with Crippen LogP contribution in [0.4, 0.5) is 5.69 Å². The number of benzene rings is 1. The molecular formula is C18H13BrN2O3. The molecule has 0 spiro atoms. The fraction of sp³-hybridized carbons (Fsp3) is 0.167. The fourth-order valence-electron chi connectivity index (χ4n) is 2.79. The van der Waals surface area contributed by atoms with Gasteiger partial charge in [-0.25, -0.2) is 0 Å². The molecule has 3 rings (SSSR count). The number of ketones is 1. The zero-order chi connectivity index (χ0) is 17.3. The molecule has 0 saturated heterocycles. The van der Waals surface area contributed by atoms with Crippen molar-refractivity contribution in [3.05, 3.63) is 58.3 Å². The molecule has 1 aromatic carbocycles. The minimum atomic E-state index is -1.95. The second-order valence-electron chi connectivity index (χ2n) is 5.43. The largest absolute Gasteiger partial charge is 0.375 e. The Balaban J connectivity index is 2.03. The summed E-state index contributed by atoms with van der Waals surface area (Å²) < 4.78 is 0.695. The van der Waals surface area contributed by atoms with E-state index in [0.29, 0.717) is 15.7 Å². The number of anilines is 1. The summed E-state index contributed by atoms with van der Waals surface area (Å²) in [6.07, 6.45) is 6.42. The number of hydrogen-bond donors (Lipinski definition) is 1. The van der Waals surface area contributed by atoms with Gasteiger partial charge in [-0.3, -0.25) is 19.5 Å². The average molecular weight is 385 g/mol. The molecule has 1 aromatic heterocycles. The molecule has 0 fully saturated rings. The lowest BCUT2D eigenvalue weighted by molar-refractivity contribution is -0.135. The second kappa shape index (κ2) is 6.19. The quantitative estimate of drug-likeness (QED) is 0.648. The summed E-state index contributed by atoms with van der Waals surface area (Å²) in [6.45, 7) is 0.0214. The maximum atomic E-state index is 12.7. The van der Waals surface area contributed by atoms with Crippen molar-refractivity contribution in [2.24, 2.45) is 0 Å². The number of hydrogen-bond acceptors (Lipinski definition) is 4. The lowest BCUT2D eigenvalue weighted by Crippen LogP contribution is -2.42. The van der Waals surface area contributed by atoms with Crippen LogP contribution in [0, 0.1) is 12.3 Å². The number of fused-ring (bicyclic) bond motifs is 1. The van der Waals surface area contributed by atoms with Gasteiger partial charge >= 0.3 is 0 Å². The highest BCUT2D eigenvalue weighted by Gasteiger charge is 2.51. The molecular weight excluding hydrogens is 372 g/mol. The Labute approximate surface area is 147 Å². The Hall–Kier alpha value is -2.49. The number of carbonyl (C=O) groups excluding carboxylic acids is 2. The number of aromatic nitrogens is 1. The Morgan fingerprint density at radius 1 is 1.38 bits per heavy atom. The van der Waals surface area contributed by atoms with E-state index in [2.05, 4.69) is 26.8 Å². The average Bonchev–Trinajstić information content (AvgIpc) is 2.78. The summed E-state index contributed by atoms with van der Waals surface area (Å²) in [6, 6.07) is 9.99. The second-order valence-corrected chi connectivity index (χ2v) is 6.35. The number of terminal acetylenes is 1. The smallest absolute Gasteiger partial charge is 0.265 e. The van der Waals surface area contributed by atoms with Crippen LogP contribution in [0.25, 0.3) is 0 Å². The Morgan fingerprint density at radius 3 is 2.83 bits per heavy atom. The number of pyridine rings is 1. The molecule has 24 heavy (non-hydrogen) atoms. The monoisotopic (exact) mass is 384 g/mol. The van der Waals surface area contributed by atoms with E-state index in [0.717, 1.165) is 0 Å². The van der Waals surface area contributed by atoms with Crippen molar-refractivity contribution < 1.29 is 14.7 Å². The van der Waals surface area contributed by atoms with E-state index in [1.165, 1.54) is 11.1 Å². The van der Waals surface area contributed by atoms with E-state index >= 15 is 0 Å². The number of amides is 1. The lowest BCUT2D eigenvalue weighted by Gasteiger charge is -2.21. The topological polar surface area (TPSA) is 70.5 Å². The molecule has 1 atom stereocenters. The molecule has 5 nitrogen and oxygen atoms in total. The van der Waals surface area contributed by atoms with Crippen LogP contribution >= 0.6 is 15.9 Å². The van der Waals surface area contributed by atoms with E-state index < -0.39 is 23.7 Å². The van der Waals surface area contributed by atoms with Crippen LogP contribution < -0.4 is 4.90 Å². The van der Waals surface area contributed by atoms with Crippen molar-refractivity contribution in [1.29, 1.82) is 0 Å². The van der Waals surface area contributed by atoms with Crippen molar-refractivity contribution in [2.75, 3.05) is 11.4 Å². The number of nitrogens with zero attached hydrogens (tertiary/aromatic N) is 2. The van der Waals surface area contributed by atoms with Gasteiger partial charge in [0.15, 0.2) is 11.4 Å². The van der Waals surface area contributed by atoms with Gasteiger partial charge in [0.1, 0.15) is 5.69 Å². The molecule has 1 aliphatic heterocycles. The Kier molecular flexibility index (Phi) is 4.22. The molecule has 0 unspecified atom stereocenters. The first kappa shape index (κ1) is 16.4. The number of carbonyl (C=O) groups is 2. The third-order valence-corrected chi connectivity index (χ3v) is 4.40. The molecule has 0 aliphatic carbocycles. The Morgan fingerprint density at radius 2 is 2.17 bits per heavy atom. The van der Waals surface area contributed by atoms with Gasteiger partial charge < -0.3 is 5.11 Å². The predicted octanol–water partition coefficient (Wildman–Crippen LogP) is 2.28. The van der Waals surface area contributed by atoms with Crippen molar-refractivity contribution >= 4 is 33.3 Å². The van der Waals surface area contributed by atoms with Gasteiger partial charge in [-0.15, -0.1) is 6.42 Å². The maximum Gasteiger partial charge on any atom is 0.265 e. The molecule has 120 valence electrons. The van der Waals surface area contributed by atoms with Gasteiger partial charge in [0, 0.05) is 16.2 Å². The first-order chi connectivity index (χ1) is 11.5. The summed E-state index contributed by atoms with van der Waals surface area (Å²) in [5.41, 5.74) is -0.880. The summed E-state index contributed by atoms with van der Waals surface area (Å²) >= 11 is 3.33. The van der Waals surface area contributed by atoms with Crippen molar-refractivity contribution in [3.63, 3.8) is 0 Å². The Bertz CT molecular complexity index is 860. The molecule has 2 aromatic rings. The molecule has 1 amide bonds. The van der Waals surface area contributed by atoms with Gasteiger partial charge in [-0.05, 0) is 30.3 Å². The summed E-state index contributed by atoms with van der Waals surface area (Å²) in [5, 5.41) is 11.0. The highest BCUT2D eigenvalue weighted by Crippen LogP contribution is 2.43. The molecule has 0 saturated carbocycles. The molecule has 0 bridgehead atoms. The number of Topliss-reactive ketones (excluding diaryl/α,β-unsaturated/α-hetero) is 1. The van der Waals surface area contributed by atoms with Crippen LogP contribution in [0.5, 0.6) is 0 Å². The SMILES string of the molecule is C#CCN1C(=O)[C@@](O)(CC(=O)c2ccccn2)c2cc(Br)ccc21. The number of halogens is 1. The predicted molar refractivity (Wildman–Crippen MR) is 92.4 cm³/mol. The van der Waals surface area contributed by atoms with Crippen LogP contribution in [0.2, 0.25) is 0 Å². The first-order valence-corrected chi connectivity index (χ1v) is 7.99. The summed E-state index contributed by atoms with van der Waals surface area (Å²) in [7, 11) is 0. The van der Waals surface area contributed by atoms with E-state index in [-0.39, 0.29) is 12.2 Å². The van der Waals surface area contributed by atoms with E-state index in [1.54, 1.807) is 36.4 Å². The highest BCUT2D eigenvalue weighted by molar-refractivity contribution is 9.10. The van der Waals surface area contributed by atoms with E-state index in [4.69, 9.17) is 6.42 Å². The van der Waals surface area contributed by atoms with Crippen LogP contribution in [0.1, 0.15) is 22.5 Å². The first-order valence-electron chi connectivity index (χ1n) is 7.19. The van der Waals surface area contributed by atoms with Gasteiger partial charge in [-0.1, -0.05) is 27.9 Å². The van der Waals surface area contributed by atoms with Crippen LogP contribution in [-0.2, 0) is 10.4 Å². The molecule has 6 heteroatoms. The minimum Gasteiger partial charge on any atom is -0.375 e. The van der Waals surface area contributed by atoms with Gasteiger partial charge in [0.2, 0.25) is 0 Å². The van der Waals surface area contributed by atoms with Crippen LogP contribution in [-0.4, -0.2) is 28.3 Å². The van der Waals surface area contributed by atoms with Crippen LogP contribution in [0.15, 0.2) is 47.1 Å². The molecule has 1 N–H and O–H groups in total. The zero-order valence-electron chi connectivity index (χ0n) is 12.6. The lowest BCUT2D eigenvalue weighted by atomic mass is 9.89. The standard InChI is InChI=1S/C18H13BrN2O3/c1-2-9-21-15-7-6-12(19)10-13(15)18(24,17(21)23)11-16(22)14-5-3-4-8-20-14/h1,3-8,10,24H,9,11H2/t18-/m1/s1. The zero-order valence-corrected chi connectivity index (χ0v) is 14.2. The molecule has 2 heterocycles. The van der Waals surface area contributed by atoms with E-state index in [9.17, 15) is 14.7 Å². The third kappa shape index (κ3) is 2.62. The number of aliphatic hydroxyl groups is 1. The highest BCUT2D eigenvalue weighted by atomic mass is 79.9. The molecule has 0 radical (unpaired) electrons. The summed E-state index contributed by atoms with van der Waals surface area (Å²) in [5.74, 6) is 1.39. The molecule has 1 aliphatic rings. The van der Waals surface area contributed by atoms with E-state index in [1.807, 2.05) is 0 Å². The number of rotatable bonds is 4. The van der Waals surface area contributed by atoms with Gasteiger partial charge in [0.25, 0.3) is 5.91 Å². The van der Waals surface area contributed by atoms with Gasteiger partial charge in [0.05, 0.1) is 18.7 Å². The minimum absolute atomic E-state index is 0.0214. The summed E-state index contributed by atoms with van der Waals surface area (Å²) in [4.78, 5) is 30.5. The fourth-order valence-corrected chi connectivity index (χ4v) is 3.15. The van der Waals surface area contributed by atoms with Crippen molar-refractivity contribution in [1.82, 2.24) is 4.98 Å². The van der Waals surface area contributed by atoms with Gasteiger partial charge in [-0.2, -0.15) is 0 Å². The van der Waals surface area contributed by atoms with Crippen molar-refractivity contribution in [3.8, 4) is 12.3 Å². The normalized spacial score (nSPS) is 19.0. The third-order valence-electron chi connectivity index (χ3n) is 3.91. The van der Waals surface area contributed by atoms with Crippen LogP contribution in [0.3, 0.4) is 0 Å². The van der Waals surface area contributed by atoms with Crippen molar-refractivity contribution in [2.45, 2.75) is 12.0 Å². The maximum absolute atomic E-state index is 12.7.